The van der Waals surface area contributed by atoms with E-state index in [9.17, 15) is 4.79 Å². The molecule has 1 amide bonds. The van der Waals surface area contributed by atoms with Gasteiger partial charge in [-0.15, -0.1) is 0 Å². The smallest absolute Gasteiger partial charge is 0.407 e. The van der Waals surface area contributed by atoms with Crippen LogP contribution in [-0.2, 0) is 11.3 Å². The lowest BCUT2D eigenvalue weighted by Crippen LogP contribution is -2.41. The second-order valence-corrected chi connectivity index (χ2v) is 7.38. The van der Waals surface area contributed by atoms with Crippen LogP contribution >= 0.6 is 0 Å². The van der Waals surface area contributed by atoms with Crippen molar-refractivity contribution >= 4 is 17.5 Å². The van der Waals surface area contributed by atoms with E-state index in [2.05, 4.69) is 10.2 Å². The summed E-state index contributed by atoms with van der Waals surface area (Å²) in [5, 5.41) is 2.79. The standard InChI is InChI=1S/C21H29N3O3/c1-21(2,3)23-20(25)27-13-12-24(18-7-5-6-17(22)14-18)15-16-8-10-19(26-4)11-9-16/h5-11,14H,12-13,15,22H2,1-4H3,(H,23,25). The van der Waals surface area contributed by atoms with Crippen molar-refractivity contribution in [1.29, 1.82) is 0 Å². The van der Waals surface area contributed by atoms with E-state index < -0.39 is 6.09 Å². The van der Waals surface area contributed by atoms with E-state index in [1.165, 1.54) is 0 Å². The third-order valence-corrected chi connectivity index (χ3v) is 3.84. The third-order valence-electron chi connectivity index (χ3n) is 3.84. The summed E-state index contributed by atoms with van der Waals surface area (Å²) in [6, 6.07) is 15.6. The van der Waals surface area contributed by atoms with Gasteiger partial charge in [0.2, 0.25) is 0 Å². The summed E-state index contributed by atoms with van der Waals surface area (Å²) in [4.78, 5) is 14.0. The normalized spacial score (nSPS) is 11.0. The van der Waals surface area contributed by atoms with Gasteiger partial charge in [0.1, 0.15) is 12.4 Å². The zero-order chi connectivity index (χ0) is 19.9. The maximum Gasteiger partial charge on any atom is 0.407 e. The van der Waals surface area contributed by atoms with Crippen LogP contribution in [0.5, 0.6) is 5.75 Å². The van der Waals surface area contributed by atoms with Crippen LogP contribution in [0.4, 0.5) is 16.2 Å². The number of hydrogen-bond acceptors (Lipinski definition) is 5. The summed E-state index contributed by atoms with van der Waals surface area (Å²) < 4.78 is 10.5. The molecular formula is C21H29N3O3. The van der Waals surface area contributed by atoms with E-state index in [0.29, 0.717) is 18.8 Å². The molecule has 2 rings (SSSR count). The molecule has 0 bridgehead atoms. The zero-order valence-electron chi connectivity index (χ0n) is 16.5. The predicted octanol–water partition coefficient (Wildman–Crippen LogP) is 3.81. The van der Waals surface area contributed by atoms with Crippen LogP contribution in [0.15, 0.2) is 48.5 Å². The number of anilines is 2. The number of ether oxygens (including phenoxy) is 2. The first-order valence-corrected chi connectivity index (χ1v) is 8.95. The summed E-state index contributed by atoms with van der Waals surface area (Å²) in [6.07, 6.45) is -0.417. The Hall–Kier alpha value is -2.89. The number of nitrogens with two attached hydrogens (primary N) is 1. The Kier molecular flexibility index (Phi) is 6.93. The van der Waals surface area contributed by atoms with Crippen molar-refractivity contribution < 1.29 is 14.3 Å². The highest BCUT2D eigenvalue weighted by Crippen LogP contribution is 2.21. The highest BCUT2D eigenvalue weighted by Gasteiger charge is 2.15. The number of amides is 1. The quantitative estimate of drug-likeness (QED) is 0.724. The lowest BCUT2D eigenvalue weighted by atomic mass is 10.1. The lowest BCUT2D eigenvalue weighted by Gasteiger charge is -2.26. The molecule has 0 aliphatic rings. The number of methoxy groups -OCH3 is 1. The maximum absolute atomic E-state index is 11.9. The lowest BCUT2D eigenvalue weighted by molar-refractivity contribution is 0.140. The second kappa shape index (κ2) is 9.16. The molecule has 6 nitrogen and oxygen atoms in total. The largest absolute Gasteiger partial charge is 0.497 e. The number of nitrogens with one attached hydrogen (secondary N) is 1. The van der Waals surface area contributed by atoms with Crippen molar-refractivity contribution in [2.24, 2.45) is 0 Å². The third kappa shape index (κ3) is 7.09. The molecule has 0 radical (unpaired) electrons. The Bertz CT molecular complexity index is 739. The first-order chi connectivity index (χ1) is 12.8. The Labute approximate surface area is 161 Å². The number of carbonyl (C=O) groups excluding carboxylic acids is 1. The molecule has 27 heavy (non-hydrogen) atoms. The number of benzene rings is 2. The molecule has 6 heteroatoms. The van der Waals surface area contributed by atoms with Gasteiger partial charge in [-0.2, -0.15) is 0 Å². The fourth-order valence-corrected chi connectivity index (χ4v) is 2.56. The van der Waals surface area contributed by atoms with Gasteiger partial charge in [-0.05, 0) is 56.7 Å². The summed E-state index contributed by atoms with van der Waals surface area (Å²) in [5.74, 6) is 0.816. The number of carbonyl (C=O) groups is 1. The molecule has 0 unspecified atom stereocenters. The van der Waals surface area contributed by atoms with E-state index in [1.807, 2.05) is 69.3 Å². The monoisotopic (exact) mass is 371 g/mol. The number of rotatable bonds is 7. The molecule has 2 aromatic carbocycles. The molecule has 0 aliphatic heterocycles. The van der Waals surface area contributed by atoms with Crippen LogP contribution in [0, 0.1) is 0 Å². The van der Waals surface area contributed by atoms with Crippen molar-refractivity contribution in [2.75, 3.05) is 30.9 Å². The number of hydrogen-bond donors (Lipinski definition) is 2. The van der Waals surface area contributed by atoms with Gasteiger partial charge >= 0.3 is 6.09 Å². The van der Waals surface area contributed by atoms with Gasteiger partial charge in [0.15, 0.2) is 0 Å². The maximum atomic E-state index is 11.9. The molecule has 2 aromatic rings. The molecule has 146 valence electrons. The molecule has 0 fully saturated rings. The van der Waals surface area contributed by atoms with Gasteiger partial charge in [-0.1, -0.05) is 18.2 Å². The van der Waals surface area contributed by atoms with Crippen LogP contribution in [0.1, 0.15) is 26.3 Å². The van der Waals surface area contributed by atoms with Crippen LogP contribution in [0.2, 0.25) is 0 Å². The van der Waals surface area contributed by atoms with Crippen LogP contribution < -0.4 is 20.7 Å². The molecule has 0 aromatic heterocycles. The molecule has 3 N–H and O–H groups in total. The van der Waals surface area contributed by atoms with Crippen molar-refractivity contribution in [3.05, 3.63) is 54.1 Å². The van der Waals surface area contributed by atoms with Gasteiger partial charge in [0.05, 0.1) is 13.7 Å². The predicted molar refractivity (Wildman–Crippen MR) is 109 cm³/mol. The van der Waals surface area contributed by atoms with Gasteiger partial charge in [0.25, 0.3) is 0 Å². The van der Waals surface area contributed by atoms with E-state index >= 15 is 0 Å². The van der Waals surface area contributed by atoms with E-state index in [4.69, 9.17) is 15.2 Å². The molecule has 0 atom stereocenters. The minimum atomic E-state index is -0.417. The molecule has 0 spiro atoms. The second-order valence-electron chi connectivity index (χ2n) is 7.38. The van der Waals surface area contributed by atoms with Crippen molar-refractivity contribution in [1.82, 2.24) is 5.32 Å². The van der Waals surface area contributed by atoms with Gasteiger partial charge in [-0.3, -0.25) is 0 Å². The summed E-state index contributed by atoms with van der Waals surface area (Å²) in [6.45, 7) is 7.22. The SMILES string of the molecule is COc1ccc(CN(CCOC(=O)NC(C)(C)C)c2cccc(N)c2)cc1. The molecule has 0 heterocycles. The van der Waals surface area contributed by atoms with Gasteiger partial charge < -0.3 is 25.4 Å². The molecule has 0 saturated carbocycles. The molecule has 0 saturated heterocycles. The minimum Gasteiger partial charge on any atom is -0.497 e. The summed E-state index contributed by atoms with van der Waals surface area (Å²) in [7, 11) is 1.65. The highest BCUT2D eigenvalue weighted by molar-refractivity contribution is 5.68. The first kappa shape index (κ1) is 20.4. The van der Waals surface area contributed by atoms with Crippen molar-refractivity contribution in [3.8, 4) is 5.75 Å². The van der Waals surface area contributed by atoms with E-state index in [-0.39, 0.29) is 12.1 Å². The highest BCUT2D eigenvalue weighted by atomic mass is 16.5. The van der Waals surface area contributed by atoms with Crippen LogP contribution in [0.25, 0.3) is 0 Å². The number of nitrogen functional groups attached to an aromatic ring is 1. The average molecular weight is 371 g/mol. The van der Waals surface area contributed by atoms with E-state index in [0.717, 1.165) is 17.0 Å². The first-order valence-electron chi connectivity index (χ1n) is 8.95. The van der Waals surface area contributed by atoms with Crippen molar-refractivity contribution in [2.45, 2.75) is 32.9 Å². The van der Waals surface area contributed by atoms with Crippen LogP contribution in [-0.4, -0.2) is 31.9 Å². The Morgan fingerprint density at radius 3 is 2.44 bits per heavy atom. The van der Waals surface area contributed by atoms with Crippen LogP contribution in [0.3, 0.4) is 0 Å². The van der Waals surface area contributed by atoms with Gasteiger partial charge in [-0.25, -0.2) is 4.79 Å². The van der Waals surface area contributed by atoms with Crippen molar-refractivity contribution in [3.63, 3.8) is 0 Å². The molecule has 0 aliphatic carbocycles. The summed E-state index contributed by atoms with van der Waals surface area (Å²) >= 11 is 0. The fraction of sp³-hybridized carbons (Fsp3) is 0.381. The average Bonchev–Trinajstić information content (AvgIpc) is 2.60. The summed E-state index contributed by atoms with van der Waals surface area (Å²) in [5.41, 5.74) is 8.40. The Balaban J connectivity index is 2.04. The minimum absolute atomic E-state index is 0.271. The topological polar surface area (TPSA) is 76.8 Å². The van der Waals surface area contributed by atoms with E-state index in [1.54, 1.807) is 7.11 Å². The molecular weight excluding hydrogens is 342 g/mol. The fourth-order valence-electron chi connectivity index (χ4n) is 2.56. The van der Waals surface area contributed by atoms with Gasteiger partial charge in [0, 0.05) is 23.5 Å². The Morgan fingerprint density at radius 1 is 1.15 bits per heavy atom. The zero-order valence-corrected chi connectivity index (χ0v) is 16.5. The Morgan fingerprint density at radius 2 is 1.85 bits per heavy atom. The number of nitrogens with zero attached hydrogens (tertiary/aromatic N) is 1. The number of alkyl carbamates (subject to hydrolysis) is 1.